The normalized spacial score (nSPS) is 15.9. The number of fused-ring (bicyclic) bond motifs is 1. The number of anilines is 1. The number of carbonyl (C=O) groups excluding carboxylic acids is 1. The summed E-state index contributed by atoms with van der Waals surface area (Å²) in [5.41, 5.74) is 1.08. The van der Waals surface area contributed by atoms with E-state index in [1.807, 2.05) is 23.1 Å². The summed E-state index contributed by atoms with van der Waals surface area (Å²) in [6.45, 7) is 3.17. The lowest BCUT2D eigenvalue weighted by molar-refractivity contribution is -0.133. The van der Waals surface area contributed by atoms with Gasteiger partial charge in [0.1, 0.15) is 5.75 Å². The third kappa shape index (κ3) is 3.65. The molecule has 2 aromatic carbocycles. The Morgan fingerprint density at radius 3 is 2.50 bits per heavy atom. The highest BCUT2D eigenvalue weighted by atomic mass is 35.5. The number of amides is 1. The van der Waals surface area contributed by atoms with Crippen LogP contribution < -0.4 is 19.1 Å². The zero-order valence-corrected chi connectivity index (χ0v) is 14.9. The fraction of sp³-hybridized carbons (Fsp3) is 0.316. The van der Waals surface area contributed by atoms with Crippen LogP contribution in [0, 0.1) is 0 Å². The van der Waals surface area contributed by atoms with Crippen molar-refractivity contribution in [1.29, 1.82) is 0 Å². The van der Waals surface area contributed by atoms with Crippen LogP contribution in [0.3, 0.4) is 0 Å². The first-order chi connectivity index (χ1) is 12.7. The van der Waals surface area contributed by atoms with Crippen LogP contribution in [0.25, 0.3) is 0 Å². The van der Waals surface area contributed by atoms with Gasteiger partial charge in [0, 0.05) is 43.0 Å². The van der Waals surface area contributed by atoms with E-state index in [-0.39, 0.29) is 19.3 Å². The van der Waals surface area contributed by atoms with E-state index in [1.165, 1.54) is 0 Å². The Hall–Kier alpha value is -2.60. The molecule has 0 aromatic heterocycles. The fourth-order valence-corrected chi connectivity index (χ4v) is 3.19. The van der Waals surface area contributed by atoms with Crippen LogP contribution in [0.1, 0.15) is 0 Å². The Labute approximate surface area is 156 Å². The van der Waals surface area contributed by atoms with Crippen LogP contribution in [-0.2, 0) is 4.79 Å². The Morgan fingerprint density at radius 1 is 1.00 bits per heavy atom. The molecule has 0 aliphatic carbocycles. The van der Waals surface area contributed by atoms with Crippen molar-refractivity contribution in [3.8, 4) is 17.2 Å². The summed E-state index contributed by atoms with van der Waals surface area (Å²) in [6, 6.07) is 12.9. The summed E-state index contributed by atoms with van der Waals surface area (Å²) in [7, 11) is 0. The average molecular weight is 375 g/mol. The fourth-order valence-electron chi connectivity index (χ4n) is 3.06. The summed E-state index contributed by atoms with van der Waals surface area (Å²) in [4.78, 5) is 16.4. The molecule has 0 spiro atoms. The number of halogens is 1. The third-order valence-electron chi connectivity index (χ3n) is 4.53. The number of nitrogens with zero attached hydrogens (tertiary/aromatic N) is 2. The van der Waals surface area contributed by atoms with E-state index in [1.54, 1.807) is 24.3 Å². The maximum atomic E-state index is 12.4. The second-order valence-electron chi connectivity index (χ2n) is 6.15. The lowest BCUT2D eigenvalue weighted by Crippen LogP contribution is -2.50. The van der Waals surface area contributed by atoms with Gasteiger partial charge in [-0.05, 0) is 36.4 Å². The molecule has 26 heavy (non-hydrogen) atoms. The molecule has 0 N–H and O–H groups in total. The van der Waals surface area contributed by atoms with Crippen LogP contribution in [0.4, 0.5) is 5.69 Å². The van der Waals surface area contributed by atoms with Crippen molar-refractivity contribution in [2.24, 2.45) is 0 Å². The summed E-state index contributed by atoms with van der Waals surface area (Å²) in [5.74, 6) is 2.19. The summed E-state index contributed by atoms with van der Waals surface area (Å²) in [5, 5.41) is 0.642. The number of piperazine rings is 1. The summed E-state index contributed by atoms with van der Waals surface area (Å²) < 4.78 is 16.3. The van der Waals surface area contributed by atoms with Crippen LogP contribution in [-0.4, -0.2) is 50.4 Å². The minimum atomic E-state index is -0.00899. The molecule has 0 unspecified atom stereocenters. The van der Waals surface area contributed by atoms with Crippen LogP contribution in [0.2, 0.25) is 5.02 Å². The maximum Gasteiger partial charge on any atom is 0.260 e. The molecule has 2 aromatic rings. The molecule has 0 bridgehead atoms. The Bertz CT molecular complexity index is 789. The predicted molar refractivity (Wildman–Crippen MR) is 98.3 cm³/mol. The minimum Gasteiger partial charge on any atom is -0.484 e. The van der Waals surface area contributed by atoms with Crippen molar-refractivity contribution in [3.63, 3.8) is 0 Å². The molecule has 0 atom stereocenters. The Kier molecular flexibility index (Phi) is 4.75. The lowest BCUT2D eigenvalue weighted by atomic mass is 10.2. The van der Waals surface area contributed by atoms with Crippen LogP contribution in [0.5, 0.6) is 17.2 Å². The summed E-state index contributed by atoms with van der Waals surface area (Å²) in [6.07, 6.45) is 0. The zero-order chi connectivity index (χ0) is 17.9. The number of benzene rings is 2. The highest BCUT2D eigenvalue weighted by molar-refractivity contribution is 6.30. The molecule has 0 radical (unpaired) electrons. The van der Waals surface area contributed by atoms with E-state index in [0.29, 0.717) is 23.9 Å². The number of carbonyl (C=O) groups is 1. The molecule has 1 fully saturated rings. The highest BCUT2D eigenvalue weighted by Gasteiger charge is 2.23. The van der Waals surface area contributed by atoms with Gasteiger partial charge < -0.3 is 24.0 Å². The number of rotatable bonds is 4. The molecule has 6 nitrogen and oxygen atoms in total. The van der Waals surface area contributed by atoms with Crippen LogP contribution >= 0.6 is 11.6 Å². The van der Waals surface area contributed by atoms with Gasteiger partial charge in [0.25, 0.3) is 5.91 Å². The number of hydrogen-bond acceptors (Lipinski definition) is 5. The van der Waals surface area contributed by atoms with Crippen molar-refractivity contribution in [2.45, 2.75) is 0 Å². The van der Waals surface area contributed by atoms with Gasteiger partial charge >= 0.3 is 0 Å². The maximum absolute atomic E-state index is 12.4. The van der Waals surface area contributed by atoms with Crippen LogP contribution in [0.15, 0.2) is 42.5 Å². The molecule has 2 aliphatic heterocycles. The molecule has 136 valence electrons. The van der Waals surface area contributed by atoms with Crippen molar-refractivity contribution in [2.75, 3.05) is 44.5 Å². The van der Waals surface area contributed by atoms with Gasteiger partial charge in [-0.2, -0.15) is 0 Å². The quantitative estimate of drug-likeness (QED) is 0.823. The summed E-state index contributed by atoms with van der Waals surface area (Å²) >= 11 is 5.84. The smallest absolute Gasteiger partial charge is 0.260 e. The van der Waals surface area contributed by atoms with Crippen molar-refractivity contribution >= 4 is 23.2 Å². The first-order valence-corrected chi connectivity index (χ1v) is 8.87. The minimum absolute atomic E-state index is 0.00899. The Balaban J connectivity index is 1.29. The third-order valence-corrected chi connectivity index (χ3v) is 4.78. The zero-order valence-electron chi connectivity index (χ0n) is 14.2. The number of hydrogen-bond donors (Lipinski definition) is 0. The first kappa shape index (κ1) is 16.8. The van der Waals surface area contributed by atoms with Crippen molar-refractivity contribution in [3.05, 3.63) is 47.5 Å². The van der Waals surface area contributed by atoms with Gasteiger partial charge in [-0.25, -0.2) is 0 Å². The van der Waals surface area contributed by atoms with E-state index in [2.05, 4.69) is 4.90 Å². The molecule has 2 aliphatic rings. The van der Waals surface area contributed by atoms with Gasteiger partial charge in [-0.1, -0.05) is 11.6 Å². The predicted octanol–water partition coefficient (Wildman–Crippen LogP) is 2.80. The lowest BCUT2D eigenvalue weighted by Gasteiger charge is -2.36. The Morgan fingerprint density at radius 2 is 1.73 bits per heavy atom. The average Bonchev–Trinajstić information content (AvgIpc) is 3.15. The molecule has 1 saturated heterocycles. The molecule has 1 amide bonds. The van der Waals surface area contributed by atoms with E-state index in [4.69, 9.17) is 25.8 Å². The van der Waals surface area contributed by atoms with E-state index in [0.717, 1.165) is 30.3 Å². The van der Waals surface area contributed by atoms with E-state index >= 15 is 0 Å². The van der Waals surface area contributed by atoms with E-state index in [9.17, 15) is 4.79 Å². The molecule has 0 saturated carbocycles. The molecular formula is C19H19ClN2O4. The van der Waals surface area contributed by atoms with Gasteiger partial charge in [0.2, 0.25) is 6.79 Å². The second-order valence-corrected chi connectivity index (χ2v) is 6.58. The van der Waals surface area contributed by atoms with Crippen molar-refractivity contribution in [1.82, 2.24) is 4.90 Å². The van der Waals surface area contributed by atoms with Gasteiger partial charge in [-0.15, -0.1) is 0 Å². The number of ether oxygens (including phenoxy) is 3. The second kappa shape index (κ2) is 7.33. The highest BCUT2D eigenvalue weighted by Crippen LogP contribution is 2.35. The largest absolute Gasteiger partial charge is 0.484 e. The SMILES string of the molecule is O=C(COc1ccc(Cl)cc1)N1CCN(c2ccc3c(c2)OCO3)CC1. The molecule has 7 heteroatoms. The molecule has 2 heterocycles. The van der Waals surface area contributed by atoms with Gasteiger partial charge in [0.05, 0.1) is 0 Å². The van der Waals surface area contributed by atoms with Gasteiger partial charge in [0.15, 0.2) is 18.1 Å². The molecule has 4 rings (SSSR count). The van der Waals surface area contributed by atoms with Crippen molar-refractivity contribution < 1.29 is 19.0 Å². The standard InChI is InChI=1S/C19H19ClN2O4/c20-14-1-4-16(5-2-14)24-12-19(23)22-9-7-21(8-10-22)15-3-6-17-18(11-15)26-13-25-17/h1-6,11H,7-10,12-13H2. The van der Waals surface area contributed by atoms with Gasteiger partial charge in [-0.3, -0.25) is 4.79 Å². The van der Waals surface area contributed by atoms with E-state index < -0.39 is 0 Å². The topological polar surface area (TPSA) is 51.2 Å². The monoisotopic (exact) mass is 374 g/mol. The first-order valence-electron chi connectivity index (χ1n) is 8.50. The molecular weight excluding hydrogens is 356 g/mol.